The zero-order chi connectivity index (χ0) is 10.2. The molecule has 0 fully saturated rings. The minimum atomic E-state index is -6.41. The molecule has 0 N–H and O–H groups in total. The molecule has 0 atom stereocenters. The van der Waals surface area contributed by atoms with Gasteiger partial charge in [-0.2, -0.15) is 22.0 Å². The van der Waals surface area contributed by atoms with Gasteiger partial charge in [0.2, 0.25) is 0 Å². The third kappa shape index (κ3) is 1.91. The summed E-state index contributed by atoms with van der Waals surface area (Å²) in [5.41, 5.74) is 0. The molecular formula is C3F8I+. The summed E-state index contributed by atoms with van der Waals surface area (Å²) in [5.74, 6) is -6.28. The molecule has 0 nitrogen and oxygen atoms in total. The van der Waals surface area contributed by atoms with Crippen LogP contribution in [0.25, 0.3) is 0 Å². The Bertz CT molecular complexity index is 158. The number of rotatable bonds is 2. The van der Waals surface area contributed by atoms with Crippen LogP contribution in [0.4, 0.5) is 33.6 Å². The predicted molar refractivity (Wildman–Crippen MR) is 17.1 cm³/mol. The van der Waals surface area contributed by atoms with E-state index in [1.165, 1.54) is 0 Å². The van der Waals surface area contributed by atoms with E-state index in [4.69, 9.17) is 0 Å². The van der Waals surface area contributed by atoms with Gasteiger partial charge in [0, 0.05) is 0 Å². The molecule has 0 spiro atoms. The molecule has 0 aromatic rings. The quantitative estimate of drug-likeness (QED) is 0.375. The number of alkyl halides is 8. The Hall–Kier alpha value is 0.170. The van der Waals surface area contributed by atoms with E-state index < -0.39 is 37.8 Å². The van der Waals surface area contributed by atoms with Crippen LogP contribution < -0.4 is 21.8 Å². The van der Waals surface area contributed by atoms with Gasteiger partial charge in [-0.05, 0) is 0 Å². The average Bonchev–Trinajstić information content (AvgIpc) is 1.85. The van der Waals surface area contributed by atoms with E-state index in [0.717, 1.165) is 0 Å². The lowest BCUT2D eigenvalue weighted by molar-refractivity contribution is -0.935. The summed E-state index contributed by atoms with van der Waals surface area (Å²) in [6.07, 6.45) is -6.41. The fourth-order valence-corrected chi connectivity index (χ4v) is 0.767. The van der Waals surface area contributed by atoms with E-state index in [1.807, 2.05) is 0 Å². The maximum Gasteiger partial charge on any atom is 0.621 e. The van der Waals surface area contributed by atoms with E-state index in [2.05, 4.69) is 0 Å². The monoisotopic (exact) mass is 315 g/mol. The smallest absolute Gasteiger partial charge is 0.185 e. The highest BCUT2D eigenvalue weighted by Gasteiger charge is 2.82. The second-order valence-corrected chi connectivity index (χ2v) is 3.40. The number of hydrogen-bond donors (Lipinski definition) is 0. The van der Waals surface area contributed by atoms with Gasteiger partial charge in [-0.3, -0.25) is 0 Å². The zero-order valence-corrected chi connectivity index (χ0v) is 7.06. The van der Waals surface area contributed by atoms with Gasteiger partial charge < -0.3 is 0 Å². The molecule has 0 bridgehead atoms. The SMILES string of the molecule is F[I+]C(F)(F)C(F)(F)C(F)(F)F. The lowest BCUT2D eigenvalue weighted by Crippen LogP contribution is -3.63. The van der Waals surface area contributed by atoms with Gasteiger partial charge in [0.15, 0.2) is 0 Å². The molecule has 0 aliphatic rings. The Kier molecular flexibility index (Phi) is 3.19. The summed E-state index contributed by atoms with van der Waals surface area (Å²) >= 11 is -4.00. The second-order valence-electron chi connectivity index (χ2n) is 1.64. The van der Waals surface area contributed by atoms with Crippen molar-refractivity contribution in [2.45, 2.75) is 16.0 Å². The van der Waals surface area contributed by atoms with E-state index in [9.17, 15) is 33.6 Å². The van der Waals surface area contributed by atoms with Crippen LogP contribution in [-0.2, 0) is 0 Å². The average molecular weight is 315 g/mol. The Morgan fingerprint density at radius 3 is 1.17 bits per heavy atom. The van der Waals surface area contributed by atoms with Gasteiger partial charge in [-0.25, -0.2) is 0 Å². The first-order valence-electron chi connectivity index (χ1n) is 2.15. The molecule has 0 aromatic carbocycles. The Labute approximate surface area is 72.0 Å². The third-order valence-corrected chi connectivity index (χ3v) is 1.99. The summed E-state index contributed by atoms with van der Waals surface area (Å²) in [6.45, 7) is 0. The van der Waals surface area contributed by atoms with E-state index in [1.54, 1.807) is 0 Å². The van der Waals surface area contributed by atoms with Crippen molar-refractivity contribution in [3.05, 3.63) is 0 Å². The van der Waals surface area contributed by atoms with Crippen LogP contribution in [0, 0.1) is 0 Å². The molecule has 0 rings (SSSR count). The second kappa shape index (κ2) is 3.14. The first kappa shape index (κ1) is 12.2. The highest BCUT2D eigenvalue weighted by atomic mass is 127. The van der Waals surface area contributed by atoms with Gasteiger partial charge in [-0.1, -0.05) is 0 Å². The fraction of sp³-hybridized carbons (Fsp3) is 1.00. The zero-order valence-electron chi connectivity index (χ0n) is 4.90. The van der Waals surface area contributed by atoms with Crippen molar-refractivity contribution in [2.24, 2.45) is 0 Å². The van der Waals surface area contributed by atoms with Crippen LogP contribution in [0.1, 0.15) is 0 Å². The highest BCUT2D eigenvalue weighted by Crippen LogP contribution is 2.42. The first-order chi connectivity index (χ1) is 5.06. The molecule has 0 heterocycles. The largest absolute Gasteiger partial charge is 0.621 e. The Morgan fingerprint density at radius 1 is 0.750 bits per heavy atom. The molecule has 0 unspecified atom stereocenters. The normalized spacial score (nSPS) is 15.0. The molecule has 74 valence electrons. The summed E-state index contributed by atoms with van der Waals surface area (Å²) in [4.78, 5) is 0. The molecule has 0 saturated heterocycles. The Balaban J connectivity index is 4.85. The van der Waals surface area contributed by atoms with Crippen LogP contribution in [0.3, 0.4) is 0 Å². The van der Waals surface area contributed by atoms with Crippen molar-refractivity contribution in [3.63, 3.8) is 0 Å². The van der Waals surface area contributed by atoms with Crippen molar-refractivity contribution >= 4 is 0 Å². The van der Waals surface area contributed by atoms with Gasteiger partial charge in [-0.15, -0.1) is 8.78 Å². The highest BCUT2D eigenvalue weighted by molar-refractivity contribution is 4.82. The number of halogens is 9. The van der Waals surface area contributed by atoms with E-state index >= 15 is 0 Å². The van der Waals surface area contributed by atoms with Crippen LogP contribution in [0.15, 0.2) is 0 Å². The topological polar surface area (TPSA) is 0 Å². The predicted octanol–water partition coefficient (Wildman–Crippen LogP) is -0.250. The van der Waals surface area contributed by atoms with E-state index in [0.29, 0.717) is 0 Å². The summed E-state index contributed by atoms with van der Waals surface area (Å²) < 4.78 is 85.5. The van der Waals surface area contributed by atoms with Gasteiger partial charge in [0.25, 0.3) is 0 Å². The van der Waals surface area contributed by atoms with Crippen molar-refractivity contribution < 1.29 is 55.4 Å². The summed E-state index contributed by atoms with van der Waals surface area (Å²) in [6, 6.07) is 0. The molecule has 0 radical (unpaired) electrons. The summed E-state index contributed by atoms with van der Waals surface area (Å²) in [5, 5.41) is 0. The van der Waals surface area contributed by atoms with Crippen LogP contribution >= 0.6 is 0 Å². The molecule has 0 saturated carbocycles. The van der Waals surface area contributed by atoms with Crippen LogP contribution in [0.2, 0.25) is 0 Å². The lowest BCUT2D eigenvalue weighted by Gasteiger charge is -2.17. The van der Waals surface area contributed by atoms with Gasteiger partial charge in [0.1, 0.15) is 0 Å². The third-order valence-electron chi connectivity index (χ3n) is 0.802. The first-order valence-corrected chi connectivity index (χ1v) is 4.05. The van der Waals surface area contributed by atoms with Crippen molar-refractivity contribution in [1.82, 2.24) is 0 Å². The standard InChI is InChI=1S/C3F8I/c4-1(5,2(6,7)8)3(9,10)12-11/q+1. The van der Waals surface area contributed by atoms with Gasteiger partial charge in [0.05, 0.1) is 2.86 Å². The Morgan fingerprint density at radius 2 is 1.08 bits per heavy atom. The molecule has 0 aliphatic heterocycles. The van der Waals surface area contributed by atoms with Gasteiger partial charge >= 0.3 is 37.8 Å². The van der Waals surface area contributed by atoms with Crippen LogP contribution in [0.5, 0.6) is 0 Å². The minimum Gasteiger partial charge on any atom is -0.185 e. The maximum atomic E-state index is 11.6. The molecule has 12 heavy (non-hydrogen) atoms. The molecular weight excluding hydrogens is 315 g/mol. The van der Waals surface area contributed by atoms with E-state index in [-0.39, 0.29) is 0 Å². The lowest BCUT2D eigenvalue weighted by atomic mass is 10.3. The number of hydrogen-bond acceptors (Lipinski definition) is 0. The minimum absolute atomic E-state index is 4.00. The molecule has 0 aromatic heterocycles. The molecule has 0 aliphatic carbocycles. The summed E-state index contributed by atoms with van der Waals surface area (Å²) in [7, 11) is 0. The van der Waals surface area contributed by atoms with Crippen molar-refractivity contribution in [3.8, 4) is 0 Å². The van der Waals surface area contributed by atoms with Crippen molar-refractivity contribution in [1.29, 1.82) is 0 Å². The maximum absolute atomic E-state index is 11.6. The molecule has 0 amide bonds. The molecule has 9 heteroatoms. The fourth-order valence-electron chi connectivity index (χ4n) is 0.206. The van der Waals surface area contributed by atoms with Crippen molar-refractivity contribution in [2.75, 3.05) is 0 Å². The van der Waals surface area contributed by atoms with Crippen LogP contribution in [-0.4, -0.2) is 16.0 Å².